The SMILES string of the molecule is Nc1ccc(-c2ncn(-c3ccc(OCC(F)F)cc3)n2)cc1F. The molecule has 8 heteroatoms. The molecule has 3 rings (SSSR count). The molecule has 124 valence electrons. The van der Waals surface area contributed by atoms with Gasteiger partial charge in [0.15, 0.2) is 5.82 Å². The monoisotopic (exact) mass is 334 g/mol. The Labute approximate surface area is 135 Å². The van der Waals surface area contributed by atoms with Crippen molar-refractivity contribution < 1.29 is 17.9 Å². The van der Waals surface area contributed by atoms with Gasteiger partial charge in [0.05, 0.1) is 11.4 Å². The highest BCUT2D eigenvalue weighted by Gasteiger charge is 2.09. The molecule has 0 aliphatic heterocycles. The average Bonchev–Trinajstić information content (AvgIpc) is 3.06. The number of ether oxygens (including phenoxy) is 1. The Balaban J connectivity index is 1.78. The maximum absolute atomic E-state index is 13.5. The van der Waals surface area contributed by atoms with E-state index in [1.807, 2.05) is 0 Å². The summed E-state index contributed by atoms with van der Waals surface area (Å²) >= 11 is 0. The predicted octanol–water partition coefficient (Wildman–Crippen LogP) is 3.30. The van der Waals surface area contributed by atoms with E-state index in [2.05, 4.69) is 10.1 Å². The van der Waals surface area contributed by atoms with Crippen LogP contribution in [0.15, 0.2) is 48.8 Å². The van der Waals surface area contributed by atoms with Crippen molar-refractivity contribution in [2.24, 2.45) is 0 Å². The number of nitrogen functional groups attached to an aromatic ring is 1. The summed E-state index contributed by atoms with van der Waals surface area (Å²) < 4.78 is 44.1. The summed E-state index contributed by atoms with van der Waals surface area (Å²) in [7, 11) is 0. The summed E-state index contributed by atoms with van der Waals surface area (Å²) in [5.41, 5.74) is 6.65. The molecule has 24 heavy (non-hydrogen) atoms. The van der Waals surface area contributed by atoms with Crippen LogP contribution in [0.5, 0.6) is 5.75 Å². The molecule has 0 amide bonds. The zero-order chi connectivity index (χ0) is 17.1. The first-order valence-corrected chi connectivity index (χ1v) is 7.01. The maximum atomic E-state index is 13.5. The summed E-state index contributed by atoms with van der Waals surface area (Å²) in [6.07, 6.45) is -1.05. The molecule has 1 heterocycles. The normalized spacial score (nSPS) is 11.0. The van der Waals surface area contributed by atoms with Crippen LogP contribution in [0.2, 0.25) is 0 Å². The molecular formula is C16H13F3N4O. The van der Waals surface area contributed by atoms with Gasteiger partial charge in [-0.1, -0.05) is 0 Å². The van der Waals surface area contributed by atoms with E-state index < -0.39 is 18.8 Å². The van der Waals surface area contributed by atoms with Crippen molar-refractivity contribution in [2.75, 3.05) is 12.3 Å². The van der Waals surface area contributed by atoms with Gasteiger partial charge < -0.3 is 10.5 Å². The number of hydrogen-bond acceptors (Lipinski definition) is 4. The van der Waals surface area contributed by atoms with Crippen LogP contribution in [-0.2, 0) is 0 Å². The topological polar surface area (TPSA) is 66.0 Å². The first kappa shape index (κ1) is 15.9. The molecule has 0 radical (unpaired) electrons. The molecule has 0 spiro atoms. The Kier molecular flexibility index (Phi) is 4.37. The number of alkyl halides is 2. The average molecular weight is 334 g/mol. The van der Waals surface area contributed by atoms with E-state index in [4.69, 9.17) is 10.5 Å². The summed E-state index contributed by atoms with van der Waals surface area (Å²) in [4.78, 5) is 4.13. The van der Waals surface area contributed by atoms with E-state index in [1.165, 1.54) is 23.1 Å². The van der Waals surface area contributed by atoms with Gasteiger partial charge in [-0.15, -0.1) is 5.10 Å². The number of halogens is 3. The fraction of sp³-hybridized carbons (Fsp3) is 0.125. The molecule has 5 nitrogen and oxygen atoms in total. The summed E-state index contributed by atoms with van der Waals surface area (Å²) in [6, 6.07) is 10.8. The van der Waals surface area contributed by atoms with E-state index in [0.717, 1.165) is 0 Å². The molecule has 2 aromatic carbocycles. The van der Waals surface area contributed by atoms with Gasteiger partial charge in [0, 0.05) is 5.56 Å². The first-order valence-electron chi connectivity index (χ1n) is 7.01. The van der Waals surface area contributed by atoms with E-state index in [0.29, 0.717) is 22.8 Å². The highest BCUT2D eigenvalue weighted by atomic mass is 19.3. The van der Waals surface area contributed by atoms with Gasteiger partial charge in [-0.3, -0.25) is 0 Å². The molecule has 0 atom stereocenters. The third kappa shape index (κ3) is 3.48. The van der Waals surface area contributed by atoms with Crippen molar-refractivity contribution in [3.63, 3.8) is 0 Å². The molecule has 0 unspecified atom stereocenters. The summed E-state index contributed by atoms with van der Waals surface area (Å²) in [5.74, 6) is 0.135. The van der Waals surface area contributed by atoms with E-state index in [1.54, 1.807) is 30.3 Å². The summed E-state index contributed by atoms with van der Waals surface area (Å²) in [6.45, 7) is -0.657. The van der Waals surface area contributed by atoms with Crippen LogP contribution in [0, 0.1) is 5.82 Å². The van der Waals surface area contributed by atoms with Crippen molar-refractivity contribution in [3.05, 3.63) is 54.6 Å². The van der Waals surface area contributed by atoms with E-state index >= 15 is 0 Å². The number of nitrogens with zero attached hydrogens (tertiary/aromatic N) is 3. The molecule has 3 aromatic rings. The van der Waals surface area contributed by atoms with Crippen LogP contribution >= 0.6 is 0 Å². The van der Waals surface area contributed by atoms with Gasteiger partial charge in [0.1, 0.15) is 24.5 Å². The van der Waals surface area contributed by atoms with Crippen LogP contribution < -0.4 is 10.5 Å². The van der Waals surface area contributed by atoms with Crippen molar-refractivity contribution in [1.82, 2.24) is 14.8 Å². The minimum absolute atomic E-state index is 0.0533. The zero-order valence-corrected chi connectivity index (χ0v) is 12.4. The minimum atomic E-state index is -2.53. The highest BCUT2D eigenvalue weighted by Crippen LogP contribution is 2.21. The number of rotatable bonds is 5. The Morgan fingerprint density at radius 2 is 1.88 bits per heavy atom. The third-order valence-corrected chi connectivity index (χ3v) is 3.23. The Morgan fingerprint density at radius 1 is 1.12 bits per heavy atom. The third-order valence-electron chi connectivity index (χ3n) is 3.23. The number of benzene rings is 2. The van der Waals surface area contributed by atoms with Crippen LogP contribution in [0.25, 0.3) is 17.1 Å². The number of hydrogen-bond donors (Lipinski definition) is 1. The van der Waals surface area contributed by atoms with Gasteiger partial charge in [0.2, 0.25) is 0 Å². The van der Waals surface area contributed by atoms with Crippen molar-refractivity contribution in [3.8, 4) is 22.8 Å². The Hall–Kier alpha value is -3.03. The molecular weight excluding hydrogens is 321 g/mol. The fourth-order valence-electron chi connectivity index (χ4n) is 2.04. The van der Waals surface area contributed by atoms with Crippen molar-refractivity contribution >= 4 is 5.69 Å². The number of nitrogens with two attached hydrogens (primary N) is 1. The molecule has 0 aliphatic rings. The largest absolute Gasteiger partial charge is 0.488 e. The van der Waals surface area contributed by atoms with Crippen LogP contribution in [0.3, 0.4) is 0 Å². The van der Waals surface area contributed by atoms with Crippen LogP contribution in [0.4, 0.5) is 18.9 Å². The second-order valence-corrected chi connectivity index (χ2v) is 4.95. The van der Waals surface area contributed by atoms with E-state index in [9.17, 15) is 13.2 Å². The molecule has 2 N–H and O–H groups in total. The van der Waals surface area contributed by atoms with Crippen molar-refractivity contribution in [1.29, 1.82) is 0 Å². The molecule has 0 aliphatic carbocycles. The van der Waals surface area contributed by atoms with Crippen LogP contribution in [0.1, 0.15) is 0 Å². The molecule has 0 fully saturated rings. The minimum Gasteiger partial charge on any atom is -0.488 e. The Bertz CT molecular complexity index is 834. The number of aromatic nitrogens is 3. The lowest BCUT2D eigenvalue weighted by molar-refractivity contribution is 0.0819. The quantitative estimate of drug-likeness (QED) is 0.727. The first-order chi connectivity index (χ1) is 11.5. The Morgan fingerprint density at radius 3 is 2.54 bits per heavy atom. The standard InChI is InChI=1S/C16H13F3N4O/c17-13-7-10(1-6-14(13)20)16-21-9-23(22-16)11-2-4-12(5-3-11)24-8-15(18)19/h1-7,9,15H,8,20H2. The molecule has 0 saturated carbocycles. The van der Waals surface area contributed by atoms with Gasteiger partial charge in [-0.25, -0.2) is 22.8 Å². The van der Waals surface area contributed by atoms with Crippen LogP contribution in [-0.4, -0.2) is 27.8 Å². The lowest BCUT2D eigenvalue weighted by atomic mass is 10.2. The molecule has 0 bridgehead atoms. The second kappa shape index (κ2) is 6.61. The van der Waals surface area contributed by atoms with Gasteiger partial charge in [-0.2, -0.15) is 0 Å². The van der Waals surface area contributed by atoms with Gasteiger partial charge in [0.25, 0.3) is 6.43 Å². The molecule has 0 saturated heterocycles. The van der Waals surface area contributed by atoms with Gasteiger partial charge in [-0.05, 0) is 42.5 Å². The maximum Gasteiger partial charge on any atom is 0.272 e. The van der Waals surface area contributed by atoms with Crippen molar-refractivity contribution in [2.45, 2.75) is 6.43 Å². The second-order valence-electron chi connectivity index (χ2n) is 4.95. The lowest BCUT2D eigenvalue weighted by Gasteiger charge is -2.06. The van der Waals surface area contributed by atoms with E-state index in [-0.39, 0.29) is 5.69 Å². The number of anilines is 1. The predicted molar refractivity (Wildman–Crippen MR) is 82.7 cm³/mol. The molecule has 1 aromatic heterocycles. The summed E-state index contributed by atoms with van der Waals surface area (Å²) in [5, 5.41) is 4.26. The van der Waals surface area contributed by atoms with Gasteiger partial charge >= 0.3 is 0 Å². The fourth-order valence-corrected chi connectivity index (χ4v) is 2.04. The smallest absolute Gasteiger partial charge is 0.272 e. The zero-order valence-electron chi connectivity index (χ0n) is 12.4. The highest BCUT2D eigenvalue weighted by molar-refractivity contribution is 5.59. The lowest BCUT2D eigenvalue weighted by Crippen LogP contribution is -2.06.